The minimum absolute atomic E-state index is 0.00611. The van der Waals surface area contributed by atoms with Crippen LogP contribution in [-0.2, 0) is 4.79 Å². The van der Waals surface area contributed by atoms with Crippen LogP contribution in [0.25, 0.3) is 0 Å². The van der Waals surface area contributed by atoms with Crippen molar-refractivity contribution in [1.82, 2.24) is 20.2 Å². The van der Waals surface area contributed by atoms with Crippen LogP contribution in [-0.4, -0.2) is 71.3 Å². The van der Waals surface area contributed by atoms with Gasteiger partial charge in [0.25, 0.3) is 5.91 Å². The highest BCUT2D eigenvalue weighted by Crippen LogP contribution is 2.25. The molecule has 0 saturated carbocycles. The summed E-state index contributed by atoms with van der Waals surface area (Å²) in [5, 5.41) is 3.76. The van der Waals surface area contributed by atoms with Gasteiger partial charge in [-0.2, -0.15) is 0 Å². The van der Waals surface area contributed by atoms with Crippen molar-refractivity contribution in [1.29, 1.82) is 0 Å². The summed E-state index contributed by atoms with van der Waals surface area (Å²) in [7, 11) is 1.60. The molecule has 1 N–H and O–H groups in total. The Morgan fingerprint density at radius 1 is 1.21 bits per heavy atom. The summed E-state index contributed by atoms with van der Waals surface area (Å²) in [6, 6.07) is 8.96. The summed E-state index contributed by atoms with van der Waals surface area (Å²) in [5.74, 6) is 1.93. The highest BCUT2D eigenvalue weighted by molar-refractivity contribution is 7.99. The van der Waals surface area contributed by atoms with E-state index in [1.54, 1.807) is 37.4 Å². The Balaban J connectivity index is 1.62. The molecule has 1 fully saturated rings. The van der Waals surface area contributed by atoms with Crippen LogP contribution in [0.5, 0.6) is 5.75 Å². The van der Waals surface area contributed by atoms with Gasteiger partial charge in [0.15, 0.2) is 5.16 Å². The van der Waals surface area contributed by atoms with Gasteiger partial charge in [0.05, 0.1) is 12.9 Å². The number of rotatable bonds is 8. The highest BCUT2D eigenvalue weighted by Gasteiger charge is 2.29. The number of methoxy groups -OCH3 is 1. The highest BCUT2D eigenvalue weighted by atomic mass is 35.5. The van der Waals surface area contributed by atoms with E-state index in [1.807, 2.05) is 18.7 Å². The van der Waals surface area contributed by atoms with Crippen molar-refractivity contribution in [3.05, 3.63) is 41.0 Å². The molecule has 2 amide bonds. The summed E-state index contributed by atoms with van der Waals surface area (Å²) >= 11 is 7.53. The third-order valence-corrected chi connectivity index (χ3v) is 6.97. The molecule has 2 atom stereocenters. The number of hydrogen-bond acceptors (Lipinski definition) is 7. The number of piperazine rings is 1. The van der Waals surface area contributed by atoms with Gasteiger partial charge in [0.2, 0.25) is 5.91 Å². The molecule has 0 radical (unpaired) electrons. The van der Waals surface area contributed by atoms with Crippen molar-refractivity contribution in [2.24, 2.45) is 5.92 Å². The Morgan fingerprint density at radius 3 is 2.53 bits per heavy atom. The number of benzene rings is 1. The second-order valence-electron chi connectivity index (χ2n) is 8.74. The number of anilines is 1. The van der Waals surface area contributed by atoms with E-state index in [0.29, 0.717) is 47.2 Å². The summed E-state index contributed by atoms with van der Waals surface area (Å²) < 4.78 is 5.18. The van der Waals surface area contributed by atoms with Crippen LogP contribution >= 0.6 is 23.4 Å². The molecule has 0 bridgehead atoms. The zero-order chi connectivity index (χ0) is 24.8. The van der Waals surface area contributed by atoms with Crippen molar-refractivity contribution < 1.29 is 14.3 Å². The molecule has 1 aliphatic heterocycles. The van der Waals surface area contributed by atoms with Crippen molar-refractivity contribution in [2.75, 3.05) is 37.4 Å². The molecule has 1 saturated heterocycles. The molecule has 2 unspecified atom stereocenters. The lowest BCUT2D eigenvalue weighted by atomic mass is 10.1. The van der Waals surface area contributed by atoms with E-state index in [-0.39, 0.29) is 29.7 Å². The number of nitrogens with one attached hydrogen (secondary N) is 1. The van der Waals surface area contributed by atoms with E-state index in [9.17, 15) is 9.59 Å². The lowest BCUT2D eigenvalue weighted by Crippen LogP contribution is -2.54. The Bertz CT molecular complexity index is 1000. The number of amides is 2. The fourth-order valence-electron chi connectivity index (χ4n) is 3.57. The second-order valence-corrected chi connectivity index (χ2v) is 10.1. The van der Waals surface area contributed by atoms with Crippen molar-refractivity contribution in [3.63, 3.8) is 0 Å². The van der Waals surface area contributed by atoms with Gasteiger partial charge in [-0.15, -0.1) is 0 Å². The normalized spacial score (nSPS) is 17.0. The first-order valence-corrected chi connectivity index (χ1v) is 12.7. The Kier molecular flexibility index (Phi) is 9.02. The predicted octanol–water partition coefficient (Wildman–Crippen LogP) is 3.74. The standard InChI is InChI=1S/C24H32ClN5O3S/c1-15(2)17(4)26-22(31)14-34-24-27-20(25)12-21(28-24)29-10-11-30(16(3)13-29)23(32)18-6-8-19(33-5)9-7-18/h6-9,12,15-17H,10-11,13-14H2,1-5H3,(H,26,31). The van der Waals surface area contributed by atoms with Crippen LogP contribution in [0.4, 0.5) is 5.82 Å². The zero-order valence-electron chi connectivity index (χ0n) is 20.2. The van der Waals surface area contributed by atoms with E-state index >= 15 is 0 Å². The van der Waals surface area contributed by atoms with Gasteiger partial charge in [-0.1, -0.05) is 37.2 Å². The van der Waals surface area contributed by atoms with Gasteiger partial charge in [-0.3, -0.25) is 9.59 Å². The molecule has 184 valence electrons. The van der Waals surface area contributed by atoms with E-state index in [1.165, 1.54) is 11.8 Å². The average Bonchev–Trinajstić information content (AvgIpc) is 2.82. The number of hydrogen-bond donors (Lipinski definition) is 1. The molecule has 0 spiro atoms. The molecule has 1 aromatic heterocycles. The third kappa shape index (κ3) is 6.76. The Labute approximate surface area is 210 Å². The molecule has 2 heterocycles. The minimum Gasteiger partial charge on any atom is -0.497 e. The Hall–Kier alpha value is -2.52. The lowest BCUT2D eigenvalue weighted by molar-refractivity contribution is -0.119. The molecule has 0 aliphatic carbocycles. The lowest BCUT2D eigenvalue weighted by Gasteiger charge is -2.40. The summed E-state index contributed by atoms with van der Waals surface area (Å²) in [6.45, 7) is 9.94. The van der Waals surface area contributed by atoms with Crippen molar-refractivity contribution in [2.45, 2.75) is 44.9 Å². The van der Waals surface area contributed by atoms with Gasteiger partial charge in [-0.05, 0) is 44.0 Å². The van der Waals surface area contributed by atoms with Crippen LogP contribution < -0.4 is 15.0 Å². The van der Waals surface area contributed by atoms with E-state index in [4.69, 9.17) is 16.3 Å². The monoisotopic (exact) mass is 505 g/mol. The van der Waals surface area contributed by atoms with Gasteiger partial charge < -0.3 is 19.9 Å². The van der Waals surface area contributed by atoms with Gasteiger partial charge in [0, 0.05) is 43.3 Å². The quantitative estimate of drug-likeness (QED) is 0.332. The topological polar surface area (TPSA) is 87.7 Å². The van der Waals surface area contributed by atoms with Gasteiger partial charge in [-0.25, -0.2) is 9.97 Å². The number of thioether (sulfide) groups is 1. The fraction of sp³-hybridized carbons (Fsp3) is 0.500. The number of carbonyl (C=O) groups excluding carboxylic acids is 2. The number of carbonyl (C=O) groups is 2. The molecule has 2 aromatic rings. The maximum atomic E-state index is 13.0. The molecule has 3 rings (SSSR count). The van der Waals surface area contributed by atoms with E-state index < -0.39 is 0 Å². The van der Waals surface area contributed by atoms with E-state index in [2.05, 4.69) is 34.0 Å². The number of aromatic nitrogens is 2. The number of nitrogens with zero attached hydrogens (tertiary/aromatic N) is 4. The molecular weight excluding hydrogens is 474 g/mol. The SMILES string of the molecule is COc1ccc(C(=O)N2CCN(c3cc(Cl)nc(SCC(=O)NC(C)C(C)C)n3)CC2C)cc1. The van der Waals surface area contributed by atoms with Crippen LogP contribution in [0.2, 0.25) is 5.15 Å². The molecule has 1 aromatic carbocycles. The van der Waals surface area contributed by atoms with Crippen LogP contribution in [0.1, 0.15) is 38.1 Å². The Morgan fingerprint density at radius 2 is 1.91 bits per heavy atom. The predicted molar refractivity (Wildman–Crippen MR) is 136 cm³/mol. The second kappa shape index (κ2) is 11.8. The first-order valence-electron chi connectivity index (χ1n) is 11.3. The maximum absolute atomic E-state index is 13.0. The summed E-state index contributed by atoms with van der Waals surface area (Å²) in [5.41, 5.74) is 0.634. The first kappa shape index (κ1) is 26.1. The average molecular weight is 506 g/mol. The maximum Gasteiger partial charge on any atom is 0.254 e. The zero-order valence-corrected chi connectivity index (χ0v) is 21.8. The fourth-order valence-corrected chi connectivity index (χ4v) is 4.46. The molecular formula is C24H32ClN5O3S. The molecule has 34 heavy (non-hydrogen) atoms. The molecule has 1 aliphatic rings. The number of halogens is 1. The minimum atomic E-state index is -0.0596. The first-order chi connectivity index (χ1) is 16.2. The summed E-state index contributed by atoms with van der Waals surface area (Å²) in [4.78, 5) is 38.1. The van der Waals surface area contributed by atoms with Crippen molar-refractivity contribution >= 4 is 41.0 Å². The summed E-state index contributed by atoms with van der Waals surface area (Å²) in [6.07, 6.45) is 0. The largest absolute Gasteiger partial charge is 0.497 e. The van der Waals surface area contributed by atoms with Crippen LogP contribution in [0.3, 0.4) is 0 Å². The molecule has 8 nitrogen and oxygen atoms in total. The molecule has 10 heteroatoms. The third-order valence-electron chi connectivity index (χ3n) is 5.93. The van der Waals surface area contributed by atoms with Gasteiger partial charge >= 0.3 is 0 Å². The number of ether oxygens (including phenoxy) is 1. The smallest absolute Gasteiger partial charge is 0.254 e. The van der Waals surface area contributed by atoms with E-state index in [0.717, 1.165) is 5.75 Å². The van der Waals surface area contributed by atoms with Crippen LogP contribution in [0, 0.1) is 5.92 Å². The van der Waals surface area contributed by atoms with Crippen molar-refractivity contribution in [3.8, 4) is 5.75 Å². The van der Waals surface area contributed by atoms with Crippen LogP contribution in [0.15, 0.2) is 35.5 Å². The van der Waals surface area contributed by atoms with Gasteiger partial charge in [0.1, 0.15) is 16.7 Å².